The summed E-state index contributed by atoms with van der Waals surface area (Å²) in [5.74, 6) is -0.459. The topological polar surface area (TPSA) is 83.8 Å². The van der Waals surface area contributed by atoms with Crippen LogP contribution in [0.2, 0.25) is 0 Å². The second-order valence-corrected chi connectivity index (χ2v) is 9.35. The summed E-state index contributed by atoms with van der Waals surface area (Å²) in [6.07, 6.45) is 3.66. The molecule has 0 aromatic heterocycles. The highest BCUT2D eigenvalue weighted by Crippen LogP contribution is 2.59. The standard InChI is InChI=1S/C22H32O5/c1-12(2)18-20(27-13(3)24)19(26)16-10-15-14(11-23)17(25)6-7-21(15,4)8-9-22(16,18)5/h10,12,17-18,20,23,25H,6-9,11H2,1-5H3/t17-,18-,20+,21-,22-/m0/s1. The number of carbonyl (C=O) groups is 2. The Bertz CT molecular complexity index is 718. The third kappa shape index (κ3) is 3.09. The van der Waals surface area contributed by atoms with Crippen molar-refractivity contribution >= 4 is 11.8 Å². The minimum atomic E-state index is -0.755. The predicted molar refractivity (Wildman–Crippen MR) is 102 cm³/mol. The van der Waals surface area contributed by atoms with Gasteiger partial charge in [0.2, 0.25) is 0 Å². The molecule has 0 amide bonds. The largest absolute Gasteiger partial charge is 0.454 e. The van der Waals surface area contributed by atoms with Crippen LogP contribution in [0.5, 0.6) is 0 Å². The van der Waals surface area contributed by atoms with Crippen LogP contribution in [-0.2, 0) is 14.3 Å². The molecule has 1 saturated carbocycles. The summed E-state index contributed by atoms with van der Waals surface area (Å²) in [6, 6.07) is 0. The van der Waals surface area contributed by atoms with E-state index in [0.29, 0.717) is 17.6 Å². The SMILES string of the molecule is CC(=O)O[C@H]1C(=O)C2=CC3=C(CO)[C@@H](O)CC[C@@]3(C)CC[C@]2(C)[C@H]1C(C)C. The molecule has 5 atom stereocenters. The first kappa shape index (κ1) is 20.3. The highest BCUT2D eigenvalue weighted by atomic mass is 16.5. The van der Waals surface area contributed by atoms with Gasteiger partial charge in [-0.1, -0.05) is 33.8 Å². The molecule has 2 N–H and O–H groups in total. The third-order valence-electron chi connectivity index (χ3n) is 7.24. The number of ketones is 1. The van der Waals surface area contributed by atoms with E-state index in [1.54, 1.807) is 0 Å². The summed E-state index contributed by atoms with van der Waals surface area (Å²) in [7, 11) is 0. The molecule has 5 heteroatoms. The molecule has 0 bridgehead atoms. The molecule has 0 aromatic carbocycles. The molecule has 0 aromatic rings. The zero-order valence-electron chi connectivity index (χ0n) is 17.0. The minimum Gasteiger partial charge on any atom is -0.454 e. The van der Waals surface area contributed by atoms with Crippen molar-refractivity contribution in [2.45, 2.75) is 72.5 Å². The van der Waals surface area contributed by atoms with Crippen LogP contribution in [0.4, 0.5) is 0 Å². The molecule has 0 radical (unpaired) electrons. The lowest BCUT2D eigenvalue weighted by Gasteiger charge is -2.40. The number of fused-ring (bicyclic) bond motifs is 2. The number of esters is 1. The quantitative estimate of drug-likeness (QED) is 0.740. The van der Waals surface area contributed by atoms with E-state index >= 15 is 0 Å². The molecule has 0 unspecified atom stereocenters. The molecule has 0 aliphatic heterocycles. The van der Waals surface area contributed by atoms with Crippen molar-refractivity contribution in [1.29, 1.82) is 0 Å². The van der Waals surface area contributed by atoms with E-state index in [9.17, 15) is 19.8 Å². The number of Topliss-reactive ketones (excluding diaryl/α,β-unsaturated/α-hetero) is 1. The number of ether oxygens (including phenoxy) is 1. The molecular formula is C22H32O5. The third-order valence-corrected chi connectivity index (χ3v) is 7.24. The van der Waals surface area contributed by atoms with Gasteiger partial charge in [-0.05, 0) is 48.2 Å². The van der Waals surface area contributed by atoms with Gasteiger partial charge in [-0.25, -0.2) is 0 Å². The van der Waals surface area contributed by atoms with Crippen LogP contribution in [0.1, 0.15) is 60.3 Å². The van der Waals surface area contributed by atoms with Gasteiger partial charge in [-0.3, -0.25) is 9.59 Å². The lowest BCUT2D eigenvalue weighted by atomic mass is 9.65. The number of allylic oxidation sites excluding steroid dienone is 2. The van der Waals surface area contributed by atoms with E-state index in [4.69, 9.17) is 4.74 Å². The van der Waals surface area contributed by atoms with Crippen molar-refractivity contribution in [2.75, 3.05) is 6.61 Å². The van der Waals surface area contributed by atoms with E-state index in [2.05, 4.69) is 27.7 Å². The molecule has 5 nitrogen and oxygen atoms in total. The number of hydrogen-bond donors (Lipinski definition) is 2. The second kappa shape index (κ2) is 6.85. The van der Waals surface area contributed by atoms with E-state index in [1.165, 1.54) is 6.92 Å². The minimum absolute atomic E-state index is 0.0768. The molecule has 3 aliphatic rings. The van der Waals surface area contributed by atoms with Gasteiger partial charge in [0.05, 0.1) is 12.7 Å². The van der Waals surface area contributed by atoms with Crippen molar-refractivity contribution in [3.8, 4) is 0 Å². The number of rotatable bonds is 3. The number of aliphatic hydroxyl groups is 2. The van der Waals surface area contributed by atoms with Crippen molar-refractivity contribution in [3.05, 3.63) is 22.8 Å². The van der Waals surface area contributed by atoms with Crippen LogP contribution in [0.25, 0.3) is 0 Å². The van der Waals surface area contributed by atoms with E-state index in [1.807, 2.05) is 6.08 Å². The van der Waals surface area contributed by atoms with Gasteiger partial charge in [-0.15, -0.1) is 0 Å². The maximum atomic E-state index is 13.3. The van der Waals surface area contributed by atoms with Crippen LogP contribution >= 0.6 is 0 Å². The molecule has 0 saturated heterocycles. The van der Waals surface area contributed by atoms with Gasteiger partial charge in [0.15, 0.2) is 11.9 Å². The van der Waals surface area contributed by atoms with Crippen LogP contribution in [0.3, 0.4) is 0 Å². The van der Waals surface area contributed by atoms with Gasteiger partial charge in [0, 0.05) is 23.8 Å². The van der Waals surface area contributed by atoms with Gasteiger partial charge < -0.3 is 14.9 Å². The first-order valence-corrected chi connectivity index (χ1v) is 10.0. The van der Waals surface area contributed by atoms with Gasteiger partial charge in [0.1, 0.15) is 0 Å². The number of carbonyl (C=O) groups excluding carboxylic acids is 2. The Morgan fingerprint density at radius 2 is 1.96 bits per heavy atom. The Balaban J connectivity index is 2.19. The van der Waals surface area contributed by atoms with Gasteiger partial charge in [0.25, 0.3) is 0 Å². The highest BCUT2D eigenvalue weighted by molar-refractivity contribution is 6.04. The van der Waals surface area contributed by atoms with Crippen LogP contribution in [0.15, 0.2) is 22.8 Å². The lowest BCUT2D eigenvalue weighted by Crippen LogP contribution is -2.37. The zero-order chi connectivity index (χ0) is 20.1. The first-order valence-electron chi connectivity index (χ1n) is 10.0. The van der Waals surface area contributed by atoms with E-state index in [-0.39, 0.29) is 35.1 Å². The molecule has 27 heavy (non-hydrogen) atoms. The maximum absolute atomic E-state index is 13.3. The first-order chi connectivity index (χ1) is 12.5. The van der Waals surface area contributed by atoms with Crippen molar-refractivity contribution in [1.82, 2.24) is 0 Å². The predicted octanol–water partition coefficient (Wildman–Crippen LogP) is 2.95. The molecule has 3 rings (SSSR count). The second-order valence-electron chi connectivity index (χ2n) is 9.35. The zero-order valence-corrected chi connectivity index (χ0v) is 17.0. The smallest absolute Gasteiger partial charge is 0.303 e. The number of hydrogen-bond acceptors (Lipinski definition) is 5. The van der Waals surface area contributed by atoms with Crippen LogP contribution in [-0.4, -0.2) is 40.8 Å². The highest BCUT2D eigenvalue weighted by Gasteiger charge is 2.58. The summed E-state index contributed by atoms with van der Waals surface area (Å²) in [4.78, 5) is 25.0. The van der Waals surface area contributed by atoms with E-state index in [0.717, 1.165) is 24.8 Å². The summed E-state index contributed by atoms with van der Waals surface area (Å²) in [6.45, 7) is 9.57. The average Bonchev–Trinajstić information content (AvgIpc) is 2.70. The molecule has 3 aliphatic carbocycles. The summed E-state index contributed by atoms with van der Waals surface area (Å²) < 4.78 is 5.49. The number of aliphatic hydroxyl groups excluding tert-OH is 2. The molecule has 0 heterocycles. The van der Waals surface area contributed by atoms with Crippen LogP contribution < -0.4 is 0 Å². The molecule has 1 fully saturated rings. The fourth-order valence-electron chi connectivity index (χ4n) is 5.77. The van der Waals surface area contributed by atoms with Crippen LogP contribution in [0, 0.1) is 22.7 Å². The van der Waals surface area contributed by atoms with Crippen molar-refractivity contribution in [3.63, 3.8) is 0 Å². The maximum Gasteiger partial charge on any atom is 0.303 e. The normalized spacial score (nSPS) is 39.0. The monoisotopic (exact) mass is 376 g/mol. The fourth-order valence-corrected chi connectivity index (χ4v) is 5.77. The average molecular weight is 376 g/mol. The Hall–Kier alpha value is -1.46. The van der Waals surface area contributed by atoms with Crippen molar-refractivity contribution < 1.29 is 24.5 Å². The Morgan fingerprint density at radius 1 is 1.30 bits per heavy atom. The Kier molecular flexibility index (Phi) is 5.15. The summed E-state index contributed by atoms with van der Waals surface area (Å²) in [5, 5.41) is 20.3. The molecular weight excluding hydrogens is 344 g/mol. The molecule has 150 valence electrons. The van der Waals surface area contributed by atoms with Gasteiger partial charge >= 0.3 is 5.97 Å². The summed E-state index contributed by atoms with van der Waals surface area (Å²) >= 11 is 0. The Morgan fingerprint density at radius 3 is 2.52 bits per heavy atom. The summed E-state index contributed by atoms with van der Waals surface area (Å²) in [5.41, 5.74) is 1.68. The lowest BCUT2D eigenvalue weighted by molar-refractivity contribution is -0.155. The van der Waals surface area contributed by atoms with E-state index < -0.39 is 18.2 Å². The molecule has 0 spiro atoms. The van der Waals surface area contributed by atoms with Crippen molar-refractivity contribution in [2.24, 2.45) is 22.7 Å². The Labute approximate surface area is 161 Å². The van der Waals surface area contributed by atoms with Gasteiger partial charge in [-0.2, -0.15) is 0 Å². The fraction of sp³-hybridized carbons (Fsp3) is 0.727.